The Bertz CT molecular complexity index is 1280. The Hall–Kier alpha value is -3.24. The van der Waals surface area contributed by atoms with Crippen molar-refractivity contribution < 1.29 is 18.0 Å². The summed E-state index contributed by atoms with van der Waals surface area (Å²) in [6.45, 7) is 9.42. The molecule has 2 aromatic carbocycles. The average molecular weight is 490 g/mol. The zero-order valence-corrected chi connectivity index (χ0v) is 20.5. The van der Waals surface area contributed by atoms with Crippen LogP contribution in [0.4, 0.5) is 5.69 Å². The second kappa shape index (κ2) is 8.60. The van der Waals surface area contributed by atoms with Crippen LogP contribution < -0.4 is 4.72 Å². The fourth-order valence-corrected chi connectivity index (χ4v) is 4.56. The van der Waals surface area contributed by atoms with Gasteiger partial charge in [0.2, 0.25) is 0 Å². The van der Waals surface area contributed by atoms with Crippen LogP contribution in [0.1, 0.15) is 47.1 Å². The van der Waals surface area contributed by atoms with Gasteiger partial charge in [0.15, 0.2) is 0 Å². The van der Waals surface area contributed by atoms with Crippen molar-refractivity contribution >= 4 is 51.8 Å². The molecule has 2 amide bonds. The predicted octanol–water partition coefficient (Wildman–Crippen LogP) is 3.57. The molecule has 0 fully saturated rings. The number of carbonyl (C=O) groups excluding carboxylic acids is 2. The first kappa shape index (κ1) is 24.4. The van der Waals surface area contributed by atoms with E-state index in [9.17, 15) is 18.0 Å². The molecule has 0 atom stereocenters. The number of guanidine groups is 1. The molecule has 9 nitrogen and oxygen atoms in total. The third-order valence-corrected chi connectivity index (χ3v) is 6.59. The Labute approximate surface area is 197 Å². The molecule has 0 saturated carbocycles. The minimum absolute atomic E-state index is 0.00315. The first-order valence-electron chi connectivity index (χ1n) is 9.85. The molecule has 1 aliphatic heterocycles. The maximum absolute atomic E-state index is 13.2. The lowest BCUT2D eigenvalue weighted by atomic mass is 9.87. The molecule has 1 heterocycles. The summed E-state index contributed by atoms with van der Waals surface area (Å²) in [5.41, 5.74) is 0.421. The van der Waals surface area contributed by atoms with Crippen LogP contribution in [0.3, 0.4) is 0 Å². The van der Waals surface area contributed by atoms with Crippen LogP contribution in [-0.4, -0.2) is 56.9 Å². The van der Waals surface area contributed by atoms with Gasteiger partial charge in [0.1, 0.15) is 0 Å². The van der Waals surface area contributed by atoms with Gasteiger partial charge in [-0.1, -0.05) is 44.5 Å². The third kappa shape index (κ3) is 4.62. The number of fused-ring (bicyclic) bond motifs is 1. The highest BCUT2D eigenvalue weighted by atomic mass is 35.5. The second-order valence-corrected chi connectivity index (χ2v) is 10.7. The summed E-state index contributed by atoms with van der Waals surface area (Å²) in [5.74, 6) is -1.84. The van der Waals surface area contributed by atoms with Gasteiger partial charge >= 0.3 is 0 Å². The number of benzene rings is 2. The summed E-state index contributed by atoms with van der Waals surface area (Å²) in [4.78, 5) is 30.5. The molecule has 0 bridgehead atoms. The van der Waals surface area contributed by atoms with Gasteiger partial charge in [-0.05, 0) is 42.0 Å². The van der Waals surface area contributed by atoms with E-state index in [1.54, 1.807) is 26.2 Å². The first-order valence-corrected chi connectivity index (χ1v) is 11.7. The lowest BCUT2D eigenvalue weighted by molar-refractivity contribution is 0.0745. The predicted molar refractivity (Wildman–Crippen MR) is 129 cm³/mol. The molecule has 0 unspecified atom stereocenters. The van der Waals surface area contributed by atoms with E-state index in [1.165, 1.54) is 29.3 Å². The SMILES string of the molecule is C=N/C(=N\N(C)C)N1C(=O)c2c(Cl)ccc(NS(=O)(=O)c3ccc(C(C)(C)C)cc3)c2C1=O. The van der Waals surface area contributed by atoms with Gasteiger partial charge in [0.05, 0.1) is 26.7 Å². The standard InChI is InChI=1S/C22H24ClN5O4S/c1-22(2,3)13-7-9-14(10-8-13)33(31,32)26-16-12-11-15(23)17-18(16)20(30)28(19(17)29)21(24-4)25-27(5)6/h7-12,26H,4H2,1-3,5-6H3/b25-21+. The smallest absolute Gasteiger partial charge is 0.270 e. The van der Waals surface area contributed by atoms with Crippen LogP contribution in [0, 0.1) is 0 Å². The largest absolute Gasteiger partial charge is 0.300 e. The van der Waals surface area contributed by atoms with E-state index in [2.05, 4.69) is 21.5 Å². The van der Waals surface area contributed by atoms with E-state index in [1.807, 2.05) is 20.8 Å². The van der Waals surface area contributed by atoms with Crippen molar-refractivity contribution in [2.45, 2.75) is 31.1 Å². The minimum Gasteiger partial charge on any atom is -0.300 e. The Morgan fingerprint density at radius 3 is 2.12 bits per heavy atom. The highest BCUT2D eigenvalue weighted by Gasteiger charge is 2.43. The number of sulfonamides is 1. The van der Waals surface area contributed by atoms with Crippen molar-refractivity contribution in [1.29, 1.82) is 0 Å². The Balaban J connectivity index is 2.05. The lowest BCUT2D eigenvalue weighted by Gasteiger charge is -2.19. The zero-order chi connectivity index (χ0) is 24.7. The Morgan fingerprint density at radius 1 is 1.03 bits per heavy atom. The highest BCUT2D eigenvalue weighted by Crippen LogP contribution is 2.36. The van der Waals surface area contributed by atoms with E-state index in [0.717, 1.165) is 5.56 Å². The number of nitrogens with zero attached hydrogens (tertiary/aromatic N) is 4. The normalized spacial score (nSPS) is 14.4. The van der Waals surface area contributed by atoms with E-state index in [-0.39, 0.29) is 38.1 Å². The molecule has 0 spiro atoms. The van der Waals surface area contributed by atoms with E-state index in [4.69, 9.17) is 11.6 Å². The number of halogens is 1. The summed E-state index contributed by atoms with van der Waals surface area (Å²) in [5, 5.41) is 5.34. The van der Waals surface area contributed by atoms with Crippen molar-refractivity contribution in [2.24, 2.45) is 10.1 Å². The van der Waals surface area contributed by atoms with E-state index < -0.39 is 21.8 Å². The van der Waals surface area contributed by atoms with Crippen molar-refractivity contribution in [3.05, 3.63) is 58.1 Å². The summed E-state index contributed by atoms with van der Waals surface area (Å²) >= 11 is 6.20. The molecule has 1 N–H and O–H groups in total. The van der Waals surface area contributed by atoms with Gasteiger partial charge in [-0.2, -0.15) is 0 Å². The van der Waals surface area contributed by atoms with Gasteiger partial charge in [0.25, 0.3) is 27.8 Å². The zero-order valence-electron chi connectivity index (χ0n) is 18.9. The number of imide groups is 1. The molecule has 1 aliphatic rings. The molecule has 0 radical (unpaired) electrons. The Kier molecular flexibility index (Phi) is 6.36. The van der Waals surface area contributed by atoms with Crippen molar-refractivity contribution in [3.63, 3.8) is 0 Å². The Morgan fingerprint density at radius 2 is 1.61 bits per heavy atom. The van der Waals surface area contributed by atoms with Gasteiger partial charge in [-0.25, -0.2) is 18.3 Å². The van der Waals surface area contributed by atoms with Crippen LogP contribution >= 0.6 is 11.6 Å². The number of amides is 2. The first-order chi connectivity index (χ1) is 15.3. The van der Waals surface area contributed by atoms with Gasteiger partial charge in [-0.3, -0.25) is 19.3 Å². The number of hydrogen-bond acceptors (Lipinski definition) is 6. The lowest BCUT2D eigenvalue weighted by Crippen LogP contribution is -2.36. The van der Waals surface area contributed by atoms with Crippen LogP contribution in [0.5, 0.6) is 0 Å². The molecule has 11 heteroatoms. The fraction of sp³-hybridized carbons (Fsp3) is 0.273. The molecule has 0 aromatic heterocycles. The van der Waals surface area contributed by atoms with E-state index in [0.29, 0.717) is 4.90 Å². The highest BCUT2D eigenvalue weighted by molar-refractivity contribution is 7.92. The summed E-state index contributed by atoms with van der Waals surface area (Å²) < 4.78 is 28.5. The summed E-state index contributed by atoms with van der Waals surface area (Å²) in [6, 6.07) is 9.12. The van der Waals surface area contributed by atoms with Crippen molar-refractivity contribution in [2.75, 3.05) is 18.8 Å². The number of hydrazone groups is 1. The quantitative estimate of drug-likeness (QED) is 0.305. The maximum Gasteiger partial charge on any atom is 0.270 e. The number of hydrogen-bond donors (Lipinski definition) is 1. The van der Waals surface area contributed by atoms with Crippen molar-refractivity contribution in [3.8, 4) is 0 Å². The molecule has 0 aliphatic carbocycles. The molecule has 33 heavy (non-hydrogen) atoms. The van der Waals surface area contributed by atoms with Crippen LogP contribution in [0.2, 0.25) is 5.02 Å². The van der Waals surface area contributed by atoms with E-state index >= 15 is 0 Å². The third-order valence-electron chi connectivity index (χ3n) is 4.89. The van der Waals surface area contributed by atoms with Gasteiger partial charge in [-0.15, -0.1) is 5.10 Å². The average Bonchev–Trinajstić information content (AvgIpc) is 2.99. The molecule has 2 aromatic rings. The fourth-order valence-electron chi connectivity index (χ4n) is 3.25. The van der Waals surface area contributed by atoms with Crippen LogP contribution in [0.25, 0.3) is 0 Å². The number of anilines is 1. The van der Waals surface area contributed by atoms with Crippen LogP contribution in [0.15, 0.2) is 51.4 Å². The number of nitrogens with one attached hydrogen (secondary N) is 1. The minimum atomic E-state index is -4.06. The monoisotopic (exact) mass is 489 g/mol. The van der Waals surface area contributed by atoms with Gasteiger partial charge < -0.3 is 0 Å². The number of carbonyl (C=O) groups is 2. The number of aliphatic imine (C=N–C) groups is 1. The number of rotatable bonds is 4. The molecule has 174 valence electrons. The summed E-state index contributed by atoms with van der Waals surface area (Å²) in [7, 11) is -0.894. The van der Waals surface area contributed by atoms with Crippen molar-refractivity contribution in [1.82, 2.24) is 9.91 Å². The molecule has 0 saturated heterocycles. The maximum atomic E-state index is 13.2. The molecular formula is C22H24ClN5O4S. The molecule has 3 rings (SSSR count). The summed E-state index contributed by atoms with van der Waals surface area (Å²) in [6.07, 6.45) is 0. The topological polar surface area (TPSA) is 112 Å². The second-order valence-electron chi connectivity index (χ2n) is 8.58. The molecular weight excluding hydrogens is 466 g/mol. The van der Waals surface area contributed by atoms with Crippen LogP contribution in [-0.2, 0) is 15.4 Å². The van der Waals surface area contributed by atoms with Gasteiger partial charge in [0, 0.05) is 14.1 Å².